The van der Waals surface area contributed by atoms with Crippen molar-refractivity contribution in [1.82, 2.24) is 4.72 Å². The quantitative estimate of drug-likeness (QED) is 0.787. The third-order valence-corrected chi connectivity index (χ3v) is 4.35. The molecule has 1 amide bonds. The molecule has 0 aliphatic heterocycles. The molecule has 0 saturated carbocycles. The topological polar surface area (TPSA) is 75.3 Å². The van der Waals surface area contributed by atoms with Crippen LogP contribution in [-0.2, 0) is 16.4 Å². The van der Waals surface area contributed by atoms with E-state index in [0.717, 1.165) is 22.0 Å². The Morgan fingerprint density at radius 3 is 2.22 bits per heavy atom. The van der Waals surface area contributed by atoms with Crippen LogP contribution in [0.25, 0.3) is 0 Å². The molecule has 2 N–H and O–H groups in total. The second kappa shape index (κ2) is 7.72. The fourth-order valence-electron chi connectivity index (χ4n) is 1.94. The summed E-state index contributed by atoms with van der Waals surface area (Å²) >= 11 is 3.34. The smallest absolute Gasteiger partial charge is 0.255 e. The van der Waals surface area contributed by atoms with Gasteiger partial charge >= 0.3 is 0 Å². The Morgan fingerprint density at radius 2 is 1.65 bits per heavy atom. The highest BCUT2D eigenvalue weighted by Crippen LogP contribution is 2.15. The highest BCUT2D eigenvalue weighted by atomic mass is 79.9. The minimum absolute atomic E-state index is 0.187. The fraction of sp³-hybridized carbons (Fsp3) is 0.188. The summed E-state index contributed by atoms with van der Waals surface area (Å²) in [6.45, 7) is 0.337. The average Bonchev–Trinajstić information content (AvgIpc) is 2.49. The zero-order valence-corrected chi connectivity index (χ0v) is 14.9. The van der Waals surface area contributed by atoms with Gasteiger partial charge in [-0.1, -0.05) is 28.1 Å². The van der Waals surface area contributed by atoms with Gasteiger partial charge in [0.05, 0.1) is 6.26 Å². The first-order valence-corrected chi connectivity index (χ1v) is 9.62. The van der Waals surface area contributed by atoms with Crippen molar-refractivity contribution in [2.45, 2.75) is 6.42 Å². The van der Waals surface area contributed by atoms with E-state index in [1.807, 2.05) is 36.4 Å². The number of hydrogen-bond acceptors (Lipinski definition) is 3. The van der Waals surface area contributed by atoms with Gasteiger partial charge in [0, 0.05) is 22.3 Å². The Bertz CT molecular complexity index is 772. The lowest BCUT2D eigenvalue weighted by molar-refractivity contribution is 0.102. The number of amides is 1. The highest BCUT2D eigenvalue weighted by molar-refractivity contribution is 9.10. The van der Waals surface area contributed by atoms with E-state index in [2.05, 4.69) is 26.0 Å². The summed E-state index contributed by atoms with van der Waals surface area (Å²) in [7, 11) is -3.17. The van der Waals surface area contributed by atoms with Crippen LogP contribution in [-0.4, -0.2) is 27.1 Å². The molecule has 122 valence electrons. The Morgan fingerprint density at radius 1 is 1.04 bits per heavy atom. The number of benzene rings is 2. The molecule has 7 heteroatoms. The van der Waals surface area contributed by atoms with E-state index in [9.17, 15) is 13.2 Å². The third kappa shape index (κ3) is 6.13. The molecule has 0 unspecified atom stereocenters. The van der Waals surface area contributed by atoms with E-state index in [4.69, 9.17) is 0 Å². The van der Waals surface area contributed by atoms with Crippen molar-refractivity contribution in [2.24, 2.45) is 0 Å². The maximum absolute atomic E-state index is 12.1. The van der Waals surface area contributed by atoms with Crippen molar-refractivity contribution < 1.29 is 13.2 Å². The van der Waals surface area contributed by atoms with E-state index in [-0.39, 0.29) is 5.91 Å². The number of hydrogen-bond donors (Lipinski definition) is 2. The molecule has 0 fully saturated rings. The van der Waals surface area contributed by atoms with E-state index >= 15 is 0 Å². The highest BCUT2D eigenvalue weighted by Gasteiger charge is 2.06. The van der Waals surface area contributed by atoms with Gasteiger partial charge in [-0.3, -0.25) is 4.79 Å². The van der Waals surface area contributed by atoms with Crippen LogP contribution >= 0.6 is 15.9 Å². The molecule has 0 radical (unpaired) electrons. The largest absolute Gasteiger partial charge is 0.322 e. The predicted octanol–water partition coefficient (Wildman–Crippen LogP) is 2.79. The van der Waals surface area contributed by atoms with Gasteiger partial charge in [0.2, 0.25) is 10.0 Å². The summed E-state index contributed by atoms with van der Waals surface area (Å²) in [4.78, 5) is 12.1. The fourth-order valence-corrected chi connectivity index (χ4v) is 2.68. The zero-order valence-electron chi connectivity index (χ0n) is 12.5. The van der Waals surface area contributed by atoms with E-state index < -0.39 is 10.0 Å². The Labute approximate surface area is 144 Å². The summed E-state index contributed by atoms with van der Waals surface area (Å²) in [5.74, 6) is -0.187. The SMILES string of the molecule is CS(=O)(=O)NCCc1ccc(C(=O)Nc2ccc(Br)cc2)cc1. The van der Waals surface area contributed by atoms with Crippen LogP contribution in [0.1, 0.15) is 15.9 Å². The van der Waals surface area contributed by atoms with Gasteiger partial charge < -0.3 is 5.32 Å². The van der Waals surface area contributed by atoms with Gasteiger partial charge in [-0.25, -0.2) is 13.1 Å². The van der Waals surface area contributed by atoms with Gasteiger partial charge in [-0.15, -0.1) is 0 Å². The van der Waals surface area contributed by atoms with Crippen LogP contribution < -0.4 is 10.0 Å². The number of rotatable bonds is 6. The van der Waals surface area contributed by atoms with Crippen LogP contribution in [0.3, 0.4) is 0 Å². The molecule has 2 rings (SSSR count). The number of carbonyl (C=O) groups is 1. The van der Waals surface area contributed by atoms with Crippen molar-refractivity contribution >= 4 is 37.5 Å². The molecular weight excluding hydrogens is 380 g/mol. The number of halogens is 1. The third-order valence-electron chi connectivity index (χ3n) is 3.10. The first-order valence-electron chi connectivity index (χ1n) is 6.94. The van der Waals surface area contributed by atoms with Gasteiger partial charge in [0.1, 0.15) is 0 Å². The van der Waals surface area contributed by atoms with Gasteiger partial charge in [-0.05, 0) is 48.4 Å². The van der Waals surface area contributed by atoms with Crippen molar-refractivity contribution in [2.75, 3.05) is 18.1 Å². The molecule has 0 atom stereocenters. The maximum atomic E-state index is 12.1. The minimum Gasteiger partial charge on any atom is -0.322 e. The van der Waals surface area contributed by atoms with Gasteiger partial charge in [-0.2, -0.15) is 0 Å². The van der Waals surface area contributed by atoms with Gasteiger partial charge in [0.15, 0.2) is 0 Å². The van der Waals surface area contributed by atoms with Crippen molar-refractivity contribution in [1.29, 1.82) is 0 Å². The summed E-state index contributed by atoms with van der Waals surface area (Å²) in [5.41, 5.74) is 2.23. The van der Waals surface area contributed by atoms with E-state index in [1.165, 1.54) is 0 Å². The monoisotopic (exact) mass is 396 g/mol. The Kier molecular flexibility index (Phi) is 5.92. The first kappa shape index (κ1) is 17.7. The summed E-state index contributed by atoms with van der Waals surface area (Å²) < 4.78 is 25.4. The van der Waals surface area contributed by atoms with Crippen LogP contribution in [0.4, 0.5) is 5.69 Å². The molecule has 23 heavy (non-hydrogen) atoms. The molecule has 0 bridgehead atoms. The summed E-state index contributed by atoms with van der Waals surface area (Å²) in [5, 5.41) is 2.82. The molecule has 5 nitrogen and oxygen atoms in total. The maximum Gasteiger partial charge on any atom is 0.255 e. The lowest BCUT2D eigenvalue weighted by atomic mass is 10.1. The molecule has 0 aliphatic rings. The number of nitrogens with one attached hydrogen (secondary N) is 2. The average molecular weight is 397 g/mol. The lowest BCUT2D eigenvalue weighted by Crippen LogP contribution is -2.24. The predicted molar refractivity (Wildman–Crippen MR) is 95.1 cm³/mol. The van der Waals surface area contributed by atoms with E-state index in [0.29, 0.717) is 18.5 Å². The second-order valence-corrected chi connectivity index (χ2v) is 7.82. The number of carbonyl (C=O) groups excluding carboxylic acids is 1. The Balaban J connectivity index is 1.93. The summed E-state index contributed by atoms with van der Waals surface area (Å²) in [6, 6.07) is 14.4. The first-order chi connectivity index (χ1) is 10.8. The normalized spacial score (nSPS) is 11.2. The molecule has 0 heterocycles. The van der Waals surface area contributed by atoms with E-state index in [1.54, 1.807) is 12.1 Å². The zero-order chi connectivity index (χ0) is 16.9. The van der Waals surface area contributed by atoms with Crippen molar-refractivity contribution in [3.05, 3.63) is 64.1 Å². The molecule has 0 aliphatic carbocycles. The molecule has 0 saturated heterocycles. The van der Waals surface area contributed by atoms with Crippen LogP contribution in [0, 0.1) is 0 Å². The standard InChI is InChI=1S/C16H17BrN2O3S/c1-23(21,22)18-11-10-12-2-4-13(5-3-12)16(20)19-15-8-6-14(17)7-9-15/h2-9,18H,10-11H2,1H3,(H,19,20). The van der Waals surface area contributed by atoms with Crippen LogP contribution in [0.2, 0.25) is 0 Å². The van der Waals surface area contributed by atoms with Crippen molar-refractivity contribution in [3.63, 3.8) is 0 Å². The Hall–Kier alpha value is -1.70. The van der Waals surface area contributed by atoms with Gasteiger partial charge in [0.25, 0.3) is 5.91 Å². The minimum atomic E-state index is -3.17. The molecule has 0 aromatic heterocycles. The summed E-state index contributed by atoms with van der Waals surface area (Å²) in [6.07, 6.45) is 1.70. The number of anilines is 1. The molecule has 0 spiro atoms. The molecule has 2 aromatic rings. The van der Waals surface area contributed by atoms with Crippen molar-refractivity contribution in [3.8, 4) is 0 Å². The number of sulfonamides is 1. The lowest BCUT2D eigenvalue weighted by Gasteiger charge is -2.07. The second-order valence-electron chi connectivity index (χ2n) is 5.07. The van der Waals surface area contributed by atoms with Crippen LogP contribution in [0.15, 0.2) is 53.0 Å². The van der Waals surface area contributed by atoms with Crippen LogP contribution in [0.5, 0.6) is 0 Å². The molecular formula is C16H17BrN2O3S. The molecule has 2 aromatic carbocycles.